The SMILES string of the molecule is C#CCOc1ccc([C@H]2C(C#N)=C(N)Oc3cc(O)ccc32)cc1Br. The predicted octanol–water partition coefficient (Wildman–Crippen LogP) is 3.38. The van der Waals surface area contributed by atoms with E-state index >= 15 is 0 Å². The second-order valence-electron chi connectivity index (χ2n) is 5.33. The highest BCUT2D eigenvalue weighted by Gasteiger charge is 2.31. The number of benzene rings is 2. The number of ether oxygens (including phenoxy) is 2. The molecular formula is C19H13BrN2O3. The van der Waals surface area contributed by atoms with Gasteiger partial charge in [-0.2, -0.15) is 5.26 Å². The molecule has 0 fully saturated rings. The van der Waals surface area contributed by atoms with E-state index in [0.717, 1.165) is 11.1 Å². The smallest absolute Gasteiger partial charge is 0.205 e. The number of nitriles is 1. The molecule has 0 saturated heterocycles. The number of phenolic OH excluding ortho intramolecular Hbond substituents is 1. The molecule has 25 heavy (non-hydrogen) atoms. The fourth-order valence-electron chi connectivity index (χ4n) is 2.72. The van der Waals surface area contributed by atoms with E-state index in [1.165, 1.54) is 6.07 Å². The highest BCUT2D eigenvalue weighted by molar-refractivity contribution is 9.10. The molecule has 2 aromatic carbocycles. The molecule has 124 valence electrons. The summed E-state index contributed by atoms with van der Waals surface area (Å²) in [5, 5.41) is 19.2. The Labute approximate surface area is 153 Å². The van der Waals surface area contributed by atoms with Gasteiger partial charge in [-0.25, -0.2) is 0 Å². The number of hydrogen-bond acceptors (Lipinski definition) is 5. The fourth-order valence-corrected chi connectivity index (χ4v) is 3.23. The summed E-state index contributed by atoms with van der Waals surface area (Å²) in [6.45, 7) is 0.160. The van der Waals surface area contributed by atoms with Crippen LogP contribution in [-0.4, -0.2) is 11.7 Å². The first-order valence-corrected chi connectivity index (χ1v) is 8.10. The topological polar surface area (TPSA) is 88.5 Å². The maximum Gasteiger partial charge on any atom is 0.205 e. The van der Waals surface area contributed by atoms with Crippen LogP contribution >= 0.6 is 15.9 Å². The minimum Gasteiger partial charge on any atom is -0.508 e. The van der Waals surface area contributed by atoms with E-state index in [0.29, 0.717) is 21.5 Å². The first kappa shape index (κ1) is 16.8. The van der Waals surface area contributed by atoms with Crippen molar-refractivity contribution in [2.75, 3.05) is 6.61 Å². The number of aromatic hydroxyl groups is 1. The molecule has 1 aliphatic heterocycles. The predicted molar refractivity (Wildman–Crippen MR) is 95.9 cm³/mol. The van der Waals surface area contributed by atoms with Crippen LogP contribution in [-0.2, 0) is 0 Å². The van der Waals surface area contributed by atoms with Crippen molar-refractivity contribution < 1.29 is 14.6 Å². The third-order valence-electron chi connectivity index (χ3n) is 3.80. The summed E-state index contributed by atoms with van der Waals surface area (Å²) < 4.78 is 11.6. The zero-order chi connectivity index (χ0) is 18.0. The summed E-state index contributed by atoms with van der Waals surface area (Å²) in [6.07, 6.45) is 5.21. The highest BCUT2D eigenvalue weighted by Crippen LogP contribution is 2.44. The number of fused-ring (bicyclic) bond motifs is 1. The quantitative estimate of drug-likeness (QED) is 0.776. The van der Waals surface area contributed by atoms with E-state index in [2.05, 4.69) is 27.9 Å². The zero-order valence-corrected chi connectivity index (χ0v) is 14.6. The van der Waals surface area contributed by atoms with Crippen molar-refractivity contribution in [3.05, 3.63) is 63.5 Å². The Morgan fingerprint density at radius 2 is 2.12 bits per heavy atom. The third kappa shape index (κ3) is 3.13. The van der Waals surface area contributed by atoms with Gasteiger partial charge in [0.05, 0.1) is 10.4 Å². The van der Waals surface area contributed by atoms with Crippen LogP contribution in [0, 0.1) is 23.7 Å². The van der Waals surface area contributed by atoms with Gasteiger partial charge in [0.25, 0.3) is 0 Å². The summed E-state index contributed by atoms with van der Waals surface area (Å²) in [6, 6.07) is 12.3. The molecule has 5 nitrogen and oxygen atoms in total. The second kappa shape index (κ2) is 6.80. The average Bonchev–Trinajstić information content (AvgIpc) is 2.59. The van der Waals surface area contributed by atoms with Crippen molar-refractivity contribution in [1.29, 1.82) is 5.26 Å². The standard InChI is InChI=1S/C19H13BrN2O3/c1-2-7-24-16-6-3-11(8-15(16)20)18-13-5-4-12(23)9-17(13)25-19(22)14(18)10-21/h1,3-6,8-9,18,23H,7,22H2/t18-/m1/s1. The Kier molecular flexibility index (Phi) is 4.56. The molecule has 1 heterocycles. The molecule has 0 amide bonds. The fraction of sp³-hybridized carbons (Fsp3) is 0.105. The Bertz CT molecular complexity index is 954. The van der Waals surface area contributed by atoms with Crippen molar-refractivity contribution >= 4 is 15.9 Å². The van der Waals surface area contributed by atoms with Gasteiger partial charge >= 0.3 is 0 Å². The molecule has 0 aliphatic carbocycles. The van der Waals surface area contributed by atoms with Gasteiger partial charge in [-0.15, -0.1) is 6.42 Å². The van der Waals surface area contributed by atoms with Gasteiger partial charge in [-0.05, 0) is 39.7 Å². The van der Waals surface area contributed by atoms with Crippen molar-refractivity contribution in [2.45, 2.75) is 5.92 Å². The largest absolute Gasteiger partial charge is 0.508 e. The number of nitrogens with zero attached hydrogens (tertiary/aromatic N) is 1. The summed E-state index contributed by atoms with van der Waals surface area (Å²) in [7, 11) is 0. The van der Waals surface area contributed by atoms with Gasteiger partial charge in [0.2, 0.25) is 5.88 Å². The molecule has 1 atom stereocenters. The van der Waals surface area contributed by atoms with E-state index in [1.54, 1.807) is 18.2 Å². The lowest BCUT2D eigenvalue weighted by Crippen LogP contribution is -2.21. The van der Waals surface area contributed by atoms with Crippen molar-refractivity contribution in [3.8, 4) is 35.7 Å². The zero-order valence-electron chi connectivity index (χ0n) is 13.0. The third-order valence-corrected chi connectivity index (χ3v) is 4.42. The number of hydrogen-bond donors (Lipinski definition) is 2. The van der Waals surface area contributed by atoms with Gasteiger partial charge in [-0.3, -0.25) is 0 Å². The van der Waals surface area contributed by atoms with Crippen molar-refractivity contribution in [2.24, 2.45) is 5.73 Å². The molecule has 0 aromatic heterocycles. The summed E-state index contributed by atoms with van der Waals surface area (Å²) in [5.41, 5.74) is 7.79. The van der Waals surface area contributed by atoms with Crippen LogP contribution in [0.15, 0.2) is 52.3 Å². The van der Waals surface area contributed by atoms with Gasteiger partial charge in [0.1, 0.15) is 35.5 Å². The lowest BCUT2D eigenvalue weighted by Gasteiger charge is -2.26. The van der Waals surface area contributed by atoms with Crippen molar-refractivity contribution in [3.63, 3.8) is 0 Å². The molecule has 3 N–H and O–H groups in total. The van der Waals surface area contributed by atoms with Gasteiger partial charge in [0, 0.05) is 11.6 Å². The Morgan fingerprint density at radius 3 is 2.80 bits per heavy atom. The van der Waals surface area contributed by atoms with E-state index < -0.39 is 5.92 Å². The lowest BCUT2D eigenvalue weighted by molar-refractivity contribution is 0.367. The average molecular weight is 397 g/mol. The van der Waals surface area contributed by atoms with Crippen LogP contribution < -0.4 is 15.2 Å². The number of terminal acetylenes is 1. The van der Waals surface area contributed by atoms with Gasteiger partial charge < -0.3 is 20.3 Å². The van der Waals surface area contributed by atoms with Gasteiger partial charge in [0.15, 0.2) is 0 Å². The summed E-state index contributed by atoms with van der Waals surface area (Å²) >= 11 is 3.46. The molecule has 0 spiro atoms. The van der Waals surface area contributed by atoms with Crippen LogP contribution in [0.2, 0.25) is 0 Å². The first-order chi connectivity index (χ1) is 12.0. The number of rotatable bonds is 3. The molecule has 0 saturated carbocycles. The minimum atomic E-state index is -0.410. The monoisotopic (exact) mass is 396 g/mol. The lowest BCUT2D eigenvalue weighted by atomic mass is 9.83. The first-order valence-electron chi connectivity index (χ1n) is 7.31. The van der Waals surface area contributed by atoms with Gasteiger partial charge in [-0.1, -0.05) is 18.1 Å². The molecule has 0 radical (unpaired) electrons. The van der Waals surface area contributed by atoms with Crippen LogP contribution in [0.1, 0.15) is 17.0 Å². The molecular weight excluding hydrogens is 384 g/mol. The summed E-state index contributed by atoms with van der Waals surface area (Å²) in [5.74, 6) is 3.11. The van der Waals surface area contributed by atoms with Crippen LogP contribution in [0.25, 0.3) is 0 Å². The maximum absolute atomic E-state index is 9.68. The molecule has 2 aromatic rings. The number of allylic oxidation sites excluding steroid dienone is 1. The van der Waals surface area contributed by atoms with Crippen LogP contribution in [0.4, 0.5) is 0 Å². The van der Waals surface area contributed by atoms with E-state index in [9.17, 15) is 10.4 Å². The summed E-state index contributed by atoms with van der Waals surface area (Å²) in [4.78, 5) is 0. The Balaban J connectivity index is 2.10. The normalized spacial score (nSPS) is 15.6. The van der Waals surface area contributed by atoms with E-state index in [-0.39, 0.29) is 18.2 Å². The molecule has 3 rings (SSSR count). The Hall–Kier alpha value is -3.09. The molecule has 0 unspecified atom stereocenters. The number of phenols is 1. The maximum atomic E-state index is 9.68. The molecule has 6 heteroatoms. The Morgan fingerprint density at radius 1 is 1.32 bits per heavy atom. The number of nitrogens with two attached hydrogens (primary N) is 1. The molecule has 0 bridgehead atoms. The van der Waals surface area contributed by atoms with E-state index in [1.807, 2.05) is 12.1 Å². The second-order valence-corrected chi connectivity index (χ2v) is 6.18. The number of halogens is 1. The van der Waals surface area contributed by atoms with E-state index in [4.69, 9.17) is 21.6 Å². The highest BCUT2D eigenvalue weighted by atomic mass is 79.9. The van der Waals surface area contributed by atoms with Crippen LogP contribution in [0.5, 0.6) is 17.2 Å². The van der Waals surface area contributed by atoms with Crippen LogP contribution in [0.3, 0.4) is 0 Å². The molecule has 1 aliphatic rings. The minimum absolute atomic E-state index is 0.0226. The van der Waals surface area contributed by atoms with Crippen molar-refractivity contribution in [1.82, 2.24) is 0 Å².